The minimum Gasteiger partial charge on any atom is -0.489 e. The van der Waals surface area contributed by atoms with Crippen LogP contribution in [0.2, 0.25) is 5.15 Å². The standard InChI is InChI=1S/C14H17ClN2O3S/c1-4-16-21(18,19)12-7-6-11(20-9(2)3)14-10(12)5-8-13(15)17-14/h5-9,16H,4H2,1-3H3. The molecule has 0 aliphatic rings. The smallest absolute Gasteiger partial charge is 0.241 e. The molecule has 0 radical (unpaired) electrons. The summed E-state index contributed by atoms with van der Waals surface area (Å²) in [6, 6.07) is 6.33. The van der Waals surface area contributed by atoms with Crippen molar-refractivity contribution in [3.8, 4) is 5.75 Å². The third-order valence-corrected chi connectivity index (χ3v) is 4.55. The van der Waals surface area contributed by atoms with Gasteiger partial charge in [0.1, 0.15) is 16.4 Å². The van der Waals surface area contributed by atoms with Gasteiger partial charge in [-0.25, -0.2) is 18.1 Å². The summed E-state index contributed by atoms with van der Waals surface area (Å²) in [7, 11) is -3.58. The maximum atomic E-state index is 12.3. The summed E-state index contributed by atoms with van der Waals surface area (Å²) < 4.78 is 32.7. The molecule has 0 aliphatic heterocycles. The molecule has 0 aliphatic carbocycles. The highest BCUT2D eigenvalue weighted by Gasteiger charge is 2.19. The van der Waals surface area contributed by atoms with Gasteiger partial charge in [0.25, 0.3) is 0 Å². The molecule has 0 saturated heterocycles. The molecule has 7 heteroatoms. The largest absolute Gasteiger partial charge is 0.489 e. The highest BCUT2D eigenvalue weighted by atomic mass is 35.5. The van der Waals surface area contributed by atoms with E-state index in [2.05, 4.69) is 9.71 Å². The van der Waals surface area contributed by atoms with Crippen LogP contribution in [0.5, 0.6) is 5.75 Å². The van der Waals surface area contributed by atoms with E-state index in [0.29, 0.717) is 23.2 Å². The van der Waals surface area contributed by atoms with Crippen LogP contribution in [0, 0.1) is 0 Å². The van der Waals surface area contributed by atoms with E-state index in [1.165, 1.54) is 6.07 Å². The first-order valence-corrected chi connectivity index (χ1v) is 8.47. The summed E-state index contributed by atoms with van der Waals surface area (Å²) in [5.41, 5.74) is 0.440. The minimum absolute atomic E-state index is 0.0507. The van der Waals surface area contributed by atoms with Gasteiger partial charge < -0.3 is 4.74 Å². The molecule has 1 aromatic heterocycles. The Bertz CT molecular complexity index is 760. The Morgan fingerprint density at radius 3 is 2.62 bits per heavy atom. The fourth-order valence-corrected chi connectivity index (χ4v) is 3.38. The molecular weight excluding hydrogens is 312 g/mol. The molecule has 114 valence electrons. The summed E-state index contributed by atoms with van der Waals surface area (Å²) in [5.74, 6) is 0.512. The van der Waals surface area contributed by atoms with Gasteiger partial charge in [0.05, 0.1) is 11.0 Å². The second-order valence-electron chi connectivity index (χ2n) is 4.76. The SMILES string of the molecule is CCNS(=O)(=O)c1ccc(OC(C)C)c2nc(Cl)ccc12. The average Bonchev–Trinajstić information content (AvgIpc) is 2.38. The molecule has 0 amide bonds. The number of nitrogens with zero attached hydrogens (tertiary/aromatic N) is 1. The molecule has 1 N–H and O–H groups in total. The lowest BCUT2D eigenvalue weighted by Crippen LogP contribution is -2.23. The molecule has 0 spiro atoms. The Morgan fingerprint density at radius 1 is 1.29 bits per heavy atom. The predicted octanol–water partition coefficient (Wildman–Crippen LogP) is 2.97. The summed E-state index contributed by atoms with van der Waals surface area (Å²) in [6.45, 7) is 5.82. The molecule has 1 heterocycles. The first-order valence-electron chi connectivity index (χ1n) is 6.60. The number of rotatable bonds is 5. The Kier molecular flexibility index (Phi) is 4.70. The highest BCUT2D eigenvalue weighted by molar-refractivity contribution is 7.89. The van der Waals surface area contributed by atoms with Gasteiger partial charge in [-0.05, 0) is 38.1 Å². The quantitative estimate of drug-likeness (QED) is 0.857. The van der Waals surface area contributed by atoms with E-state index < -0.39 is 10.0 Å². The van der Waals surface area contributed by atoms with Crippen molar-refractivity contribution in [3.63, 3.8) is 0 Å². The van der Waals surface area contributed by atoms with Crippen LogP contribution >= 0.6 is 11.6 Å². The lowest BCUT2D eigenvalue weighted by atomic mass is 10.2. The van der Waals surface area contributed by atoms with Crippen molar-refractivity contribution in [2.75, 3.05) is 6.54 Å². The zero-order valence-corrected chi connectivity index (χ0v) is 13.6. The van der Waals surface area contributed by atoms with Gasteiger partial charge in [-0.2, -0.15) is 0 Å². The molecule has 0 atom stereocenters. The second kappa shape index (κ2) is 6.17. The fourth-order valence-electron chi connectivity index (χ4n) is 1.99. The van der Waals surface area contributed by atoms with Crippen LogP contribution in [-0.4, -0.2) is 26.1 Å². The maximum Gasteiger partial charge on any atom is 0.241 e. The minimum atomic E-state index is -3.58. The monoisotopic (exact) mass is 328 g/mol. The van der Waals surface area contributed by atoms with Crippen molar-refractivity contribution >= 4 is 32.5 Å². The van der Waals surface area contributed by atoms with Gasteiger partial charge in [0.2, 0.25) is 10.0 Å². The molecule has 0 fully saturated rings. The second-order valence-corrected chi connectivity index (χ2v) is 6.88. The van der Waals surface area contributed by atoms with Crippen LogP contribution in [0.25, 0.3) is 10.9 Å². The Morgan fingerprint density at radius 2 is 2.00 bits per heavy atom. The number of ether oxygens (including phenoxy) is 1. The Labute approximate surface area is 129 Å². The van der Waals surface area contributed by atoms with E-state index in [9.17, 15) is 8.42 Å². The maximum absolute atomic E-state index is 12.3. The number of nitrogens with one attached hydrogen (secondary N) is 1. The van der Waals surface area contributed by atoms with Crippen molar-refractivity contribution in [2.24, 2.45) is 0 Å². The van der Waals surface area contributed by atoms with Crippen molar-refractivity contribution in [3.05, 3.63) is 29.4 Å². The zero-order valence-electron chi connectivity index (χ0n) is 12.1. The van der Waals surface area contributed by atoms with Crippen molar-refractivity contribution < 1.29 is 13.2 Å². The number of fused-ring (bicyclic) bond motifs is 1. The molecule has 21 heavy (non-hydrogen) atoms. The van der Waals surface area contributed by atoms with Crippen LogP contribution in [0.3, 0.4) is 0 Å². The molecule has 0 saturated carbocycles. The van der Waals surface area contributed by atoms with Gasteiger partial charge in [-0.1, -0.05) is 18.5 Å². The van der Waals surface area contributed by atoms with Crippen LogP contribution in [-0.2, 0) is 10.0 Å². The third-order valence-electron chi connectivity index (χ3n) is 2.73. The van der Waals surface area contributed by atoms with Gasteiger partial charge in [0.15, 0.2) is 0 Å². The number of sulfonamides is 1. The normalized spacial score (nSPS) is 12.0. The van der Waals surface area contributed by atoms with E-state index in [4.69, 9.17) is 16.3 Å². The lowest BCUT2D eigenvalue weighted by Gasteiger charge is -2.14. The first kappa shape index (κ1) is 16.0. The van der Waals surface area contributed by atoms with Crippen LogP contribution in [0.15, 0.2) is 29.2 Å². The Balaban J connectivity index is 2.71. The summed E-state index contributed by atoms with van der Waals surface area (Å²) in [5, 5.41) is 0.771. The van der Waals surface area contributed by atoms with Gasteiger partial charge in [-0.3, -0.25) is 0 Å². The topological polar surface area (TPSA) is 68.3 Å². The van der Waals surface area contributed by atoms with E-state index >= 15 is 0 Å². The van der Waals surface area contributed by atoms with Crippen molar-refractivity contribution in [1.82, 2.24) is 9.71 Å². The van der Waals surface area contributed by atoms with E-state index in [1.807, 2.05) is 13.8 Å². The number of halogens is 1. The zero-order chi connectivity index (χ0) is 15.6. The number of benzene rings is 1. The van der Waals surface area contributed by atoms with E-state index in [-0.39, 0.29) is 16.2 Å². The van der Waals surface area contributed by atoms with Gasteiger partial charge in [0, 0.05) is 11.9 Å². The number of pyridine rings is 1. The summed E-state index contributed by atoms with van der Waals surface area (Å²) in [4.78, 5) is 4.38. The molecule has 2 aromatic rings. The number of aromatic nitrogens is 1. The molecule has 0 bridgehead atoms. The van der Waals surface area contributed by atoms with E-state index in [1.54, 1.807) is 25.1 Å². The predicted molar refractivity (Wildman–Crippen MR) is 83.4 cm³/mol. The molecule has 5 nitrogen and oxygen atoms in total. The van der Waals surface area contributed by atoms with Crippen LogP contribution < -0.4 is 9.46 Å². The summed E-state index contributed by atoms with van der Waals surface area (Å²) in [6.07, 6.45) is -0.0507. The van der Waals surface area contributed by atoms with E-state index in [0.717, 1.165) is 0 Å². The fraction of sp³-hybridized carbons (Fsp3) is 0.357. The summed E-state index contributed by atoms with van der Waals surface area (Å²) >= 11 is 5.92. The third kappa shape index (κ3) is 3.45. The van der Waals surface area contributed by atoms with Gasteiger partial charge >= 0.3 is 0 Å². The molecule has 2 rings (SSSR count). The number of hydrogen-bond donors (Lipinski definition) is 1. The van der Waals surface area contributed by atoms with Gasteiger partial charge in [-0.15, -0.1) is 0 Å². The Hall–Kier alpha value is -1.37. The number of hydrogen-bond acceptors (Lipinski definition) is 4. The van der Waals surface area contributed by atoms with Crippen molar-refractivity contribution in [2.45, 2.75) is 31.8 Å². The van der Waals surface area contributed by atoms with Crippen molar-refractivity contribution in [1.29, 1.82) is 0 Å². The van der Waals surface area contributed by atoms with Crippen LogP contribution in [0.4, 0.5) is 0 Å². The highest BCUT2D eigenvalue weighted by Crippen LogP contribution is 2.31. The lowest BCUT2D eigenvalue weighted by molar-refractivity contribution is 0.245. The van der Waals surface area contributed by atoms with Crippen LogP contribution in [0.1, 0.15) is 20.8 Å². The first-order chi connectivity index (χ1) is 9.85. The average molecular weight is 329 g/mol. The molecule has 1 aromatic carbocycles. The molecular formula is C14H17ClN2O3S. The molecule has 0 unspecified atom stereocenters.